The van der Waals surface area contributed by atoms with E-state index < -0.39 is 56.2 Å². The van der Waals surface area contributed by atoms with Crippen molar-refractivity contribution in [3.63, 3.8) is 0 Å². The summed E-state index contributed by atoms with van der Waals surface area (Å²) in [5, 5.41) is 0.820. The van der Waals surface area contributed by atoms with Crippen LogP contribution in [0.1, 0.15) is 106 Å². The maximum atomic E-state index is 15.1. The molecule has 2 aliphatic carbocycles. The minimum atomic E-state index is -3.89. The smallest absolute Gasteiger partial charge is 0.307 e. The Morgan fingerprint density at radius 1 is 1.00 bits per heavy atom. The van der Waals surface area contributed by atoms with E-state index in [1.807, 2.05) is 63.3 Å². The predicted octanol–water partition coefficient (Wildman–Crippen LogP) is 7.38. The van der Waals surface area contributed by atoms with Crippen LogP contribution in [0.2, 0.25) is 0 Å². The number of esters is 1. The molecule has 63 heavy (non-hydrogen) atoms. The molecule has 1 aromatic carbocycles. The highest BCUT2D eigenvalue weighted by Gasteiger charge is 2.61. The number of benzene rings is 1. The summed E-state index contributed by atoms with van der Waals surface area (Å²) >= 11 is 0. The van der Waals surface area contributed by atoms with Crippen molar-refractivity contribution in [1.82, 2.24) is 19.6 Å². The second-order valence-corrected chi connectivity index (χ2v) is 21.4. The summed E-state index contributed by atoms with van der Waals surface area (Å²) in [5.74, 6) is -1.65. The van der Waals surface area contributed by atoms with E-state index in [2.05, 4.69) is 16.6 Å². The Morgan fingerprint density at radius 2 is 1.75 bits per heavy atom. The fourth-order valence-electron chi connectivity index (χ4n) is 9.13. The van der Waals surface area contributed by atoms with E-state index in [-0.39, 0.29) is 67.2 Å². The normalized spacial score (nSPS) is 27.4. The molecule has 2 amide bonds. The van der Waals surface area contributed by atoms with Crippen molar-refractivity contribution in [2.24, 2.45) is 29.1 Å². The molecule has 3 fully saturated rings. The standard InChI is InChI=1S/C48H62N4O10S/c1-28(2)60-34-14-18-39(49-26-34)40-21-31-20-33(59-8)13-17-37(31)44(50-40)61-35-22-41-42(53)25-48(46(56)51-63(57,58)36-15-16-36)24-32(48)12-10-9-11-29(3)19-30(4)38(45(55)52(41)27-35)23-43(54)62-47(5,6)7/h10,12-14,17-18,20-21,26,28-30,32,35-36,38,41H,9,11,15-16,19,22-25,27H2,1-8H3,(H,51,56)/b12-10-/t29-,30-,32-,35-,38+,41+,48-/m1/s1. The van der Waals surface area contributed by atoms with Crippen molar-refractivity contribution in [2.75, 3.05) is 13.7 Å². The molecule has 4 heterocycles. The van der Waals surface area contributed by atoms with Crippen molar-refractivity contribution < 1.29 is 46.5 Å². The summed E-state index contributed by atoms with van der Waals surface area (Å²) in [6.45, 7) is 13.3. The molecule has 15 heteroatoms. The van der Waals surface area contributed by atoms with E-state index in [1.54, 1.807) is 40.1 Å². The number of ether oxygens (including phenoxy) is 4. The van der Waals surface area contributed by atoms with Crippen molar-refractivity contribution in [3.05, 3.63) is 54.7 Å². The summed E-state index contributed by atoms with van der Waals surface area (Å²) in [5.41, 5.74) is -0.973. The quantitative estimate of drug-likeness (QED) is 0.149. The van der Waals surface area contributed by atoms with Gasteiger partial charge in [-0.25, -0.2) is 13.4 Å². The Balaban J connectivity index is 1.25. The molecule has 0 radical (unpaired) electrons. The third kappa shape index (κ3) is 10.8. The van der Waals surface area contributed by atoms with Gasteiger partial charge in [-0.05, 0) is 133 Å². The van der Waals surface area contributed by atoms with Crippen molar-refractivity contribution >= 4 is 44.4 Å². The van der Waals surface area contributed by atoms with E-state index in [0.717, 1.165) is 11.8 Å². The minimum absolute atomic E-state index is 0.00393. The second-order valence-electron chi connectivity index (χ2n) is 19.4. The number of carbonyl (C=O) groups is 4. The maximum absolute atomic E-state index is 15.1. The maximum Gasteiger partial charge on any atom is 0.307 e. The number of hydrogen-bond acceptors (Lipinski definition) is 12. The van der Waals surface area contributed by atoms with Gasteiger partial charge in [0.05, 0.1) is 66.4 Å². The van der Waals surface area contributed by atoms with Crippen LogP contribution in [0.3, 0.4) is 0 Å². The number of methoxy groups -OCH3 is 1. The first-order valence-electron chi connectivity index (χ1n) is 22.3. The van der Waals surface area contributed by atoms with Crippen LogP contribution in [0.4, 0.5) is 0 Å². The fraction of sp³-hybridized carbons (Fsp3) is 0.583. The summed E-state index contributed by atoms with van der Waals surface area (Å²) in [6.07, 6.45) is 7.90. The van der Waals surface area contributed by atoms with Gasteiger partial charge < -0.3 is 23.8 Å². The van der Waals surface area contributed by atoms with Crippen LogP contribution in [0.15, 0.2) is 54.7 Å². The number of hydrogen-bond donors (Lipinski definition) is 1. The van der Waals surface area contributed by atoms with Crippen LogP contribution in [0, 0.1) is 29.1 Å². The Labute approximate surface area is 370 Å². The number of nitrogens with one attached hydrogen (secondary N) is 1. The third-order valence-electron chi connectivity index (χ3n) is 12.6. The summed E-state index contributed by atoms with van der Waals surface area (Å²) in [6, 6.07) is 10.0. The first-order valence-corrected chi connectivity index (χ1v) is 23.9. The average Bonchev–Trinajstić information content (AvgIpc) is 4.14. The van der Waals surface area contributed by atoms with Gasteiger partial charge >= 0.3 is 5.97 Å². The highest BCUT2D eigenvalue weighted by molar-refractivity contribution is 7.90. The monoisotopic (exact) mass is 886 g/mol. The number of Topliss-reactive ketones (excluding diaryl/α,β-unsaturated/α-hetero) is 1. The lowest BCUT2D eigenvalue weighted by molar-refractivity contribution is -0.160. The Hall–Kier alpha value is -5.05. The number of nitrogens with zero attached hydrogens (tertiary/aromatic N) is 3. The number of ketones is 1. The molecule has 7 atom stereocenters. The van der Waals surface area contributed by atoms with Gasteiger partial charge in [-0.2, -0.15) is 0 Å². The van der Waals surface area contributed by atoms with Gasteiger partial charge in [0.15, 0.2) is 5.78 Å². The van der Waals surface area contributed by atoms with Gasteiger partial charge in [0, 0.05) is 18.2 Å². The number of allylic oxidation sites excluding steroid dienone is 2. The Bertz CT molecular complexity index is 2360. The van der Waals surface area contributed by atoms with E-state index in [1.165, 1.54) is 4.90 Å². The molecule has 7 rings (SSSR count). The molecule has 340 valence electrons. The zero-order chi connectivity index (χ0) is 45.4. The van der Waals surface area contributed by atoms with Gasteiger partial charge in [0.1, 0.15) is 23.2 Å². The minimum Gasteiger partial charge on any atom is -0.497 e. The third-order valence-corrected chi connectivity index (χ3v) is 14.4. The molecule has 0 bridgehead atoms. The molecule has 4 aliphatic rings. The van der Waals surface area contributed by atoms with Crippen molar-refractivity contribution in [3.8, 4) is 28.8 Å². The van der Waals surface area contributed by atoms with Gasteiger partial charge in [-0.15, -0.1) is 0 Å². The van der Waals surface area contributed by atoms with Crippen LogP contribution in [0.5, 0.6) is 17.4 Å². The van der Waals surface area contributed by atoms with Gasteiger partial charge in [-0.3, -0.25) is 28.9 Å². The highest BCUT2D eigenvalue weighted by Crippen LogP contribution is 2.57. The number of carbonyl (C=O) groups excluding carboxylic acids is 4. The lowest BCUT2D eigenvalue weighted by Crippen LogP contribution is -2.47. The molecule has 3 aromatic rings. The Morgan fingerprint density at radius 3 is 2.41 bits per heavy atom. The summed E-state index contributed by atoms with van der Waals surface area (Å²) < 4.78 is 52.3. The average molecular weight is 887 g/mol. The zero-order valence-corrected chi connectivity index (χ0v) is 38.5. The first kappa shape index (κ1) is 46.0. The largest absolute Gasteiger partial charge is 0.497 e. The SMILES string of the molecule is COc1ccc2c(O[C@@H]3C[C@H]4C(=O)C[C@]5(C(=O)NS(=O)(=O)C6CC6)C[C@H]5/C=C\CC[C@@H](C)C[C@@H](C)[C@H](CC(=O)OC(C)(C)C)C(=O)N4C3)nc(-c3ccc(OC(C)C)cn3)cc2c1. The molecular formula is C48H62N4O10S. The first-order chi connectivity index (χ1) is 29.7. The summed E-state index contributed by atoms with van der Waals surface area (Å²) in [4.78, 5) is 68.6. The number of amides is 2. The molecule has 14 nitrogen and oxygen atoms in total. The molecular weight excluding hydrogens is 825 g/mol. The van der Waals surface area contributed by atoms with Crippen LogP contribution in [-0.2, 0) is 33.9 Å². The van der Waals surface area contributed by atoms with Crippen LogP contribution < -0.4 is 18.9 Å². The molecule has 2 aromatic heterocycles. The molecule has 0 spiro atoms. The molecule has 2 aliphatic heterocycles. The number of aromatic nitrogens is 2. The van der Waals surface area contributed by atoms with E-state index >= 15 is 4.79 Å². The highest BCUT2D eigenvalue weighted by atomic mass is 32.2. The van der Waals surface area contributed by atoms with Crippen molar-refractivity contribution in [2.45, 2.75) is 135 Å². The van der Waals surface area contributed by atoms with Gasteiger partial charge in [-0.1, -0.05) is 26.0 Å². The second kappa shape index (κ2) is 18.2. The zero-order valence-electron chi connectivity index (χ0n) is 37.7. The van der Waals surface area contributed by atoms with Crippen LogP contribution in [0.25, 0.3) is 22.2 Å². The van der Waals surface area contributed by atoms with E-state index in [9.17, 15) is 22.8 Å². The predicted molar refractivity (Wildman–Crippen MR) is 237 cm³/mol. The van der Waals surface area contributed by atoms with Gasteiger partial charge in [0.2, 0.25) is 27.7 Å². The summed E-state index contributed by atoms with van der Waals surface area (Å²) in [7, 11) is -2.30. The van der Waals surface area contributed by atoms with Crippen LogP contribution >= 0.6 is 0 Å². The number of pyridine rings is 2. The Kier molecular flexibility index (Phi) is 13.3. The molecule has 1 N–H and O–H groups in total. The molecule has 2 saturated carbocycles. The van der Waals surface area contributed by atoms with Gasteiger partial charge in [0.25, 0.3) is 0 Å². The molecule has 0 unspecified atom stereocenters. The lowest BCUT2D eigenvalue weighted by Gasteiger charge is -2.32. The van der Waals surface area contributed by atoms with E-state index in [4.69, 9.17) is 23.9 Å². The lowest BCUT2D eigenvalue weighted by atomic mass is 9.82. The topological polar surface area (TPSA) is 180 Å². The number of rotatable bonds is 11. The number of fused-ring (bicyclic) bond motifs is 3. The van der Waals surface area contributed by atoms with Crippen LogP contribution in [-0.4, -0.2) is 89.6 Å². The van der Waals surface area contributed by atoms with Crippen molar-refractivity contribution in [1.29, 1.82) is 0 Å². The number of sulfonamides is 1. The molecule has 1 saturated heterocycles. The fourth-order valence-corrected chi connectivity index (χ4v) is 10.5. The van der Waals surface area contributed by atoms with E-state index in [0.29, 0.717) is 60.4 Å².